The van der Waals surface area contributed by atoms with Crippen LogP contribution in [0.5, 0.6) is 0 Å². The van der Waals surface area contributed by atoms with Gasteiger partial charge >= 0.3 is 5.97 Å². The van der Waals surface area contributed by atoms with Gasteiger partial charge in [0.1, 0.15) is 11.8 Å². The van der Waals surface area contributed by atoms with E-state index in [1.54, 1.807) is 12.1 Å². The zero-order valence-corrected chi connectivity index (χ0v) is 21.6. The van der Waals surface area contributed by atoms with Gasteiger partial charge in [0.2, 0.25) is 11.8 Å². The van der Waals surface area contributed by atoms with Gasteiger partial charge in [-0.1, -0.05) is 42.5 Å². The SMILES string of the molecule is O=C(/C=C/c1ccco1)NCc1cc(Cl)c(C(=O)N[C@@H](CCNC(=O)C2CCCCC2)C(=O)O)c(Cl)c1. The molecule has 11 heteroatoms. The molecule has 0 spiro atoms. The summed E-state index contributed by atoms with van der Waals surface area (Å²) >= 11 is 12.6. The summed E-state index contributed by atoms with van der Waals surface area (Å²) in [6.07, 6.45) is 9.16. The van der Waals surface area contributed by atoms with Crippen LogP contribution < -0.4 is 16.0 Å². The lowest BCUT2D eigenvalue weighted by molar-refractivity contribution is -0.139. The molecule has 3 rings (SSSR count). The molecular formula is C26H29Cl2N3O6. The molecule has 4 N–H and O–H groups in total. The topological polar surface area (TPSA) is 138 Å². The highest BCUT2D eigenvalue weighted by Gasteiger charge is 2.25. The molecule has 1 heterocycles. The maximum absolute atomic E-state index is 12.8. The second-order valence-electron chi connectivity index (χ2n) is 8.78. The Balaban J connectivity index is 1.54. The minimum Gasteiger partial charge on any atom is -0.480 e. The summed E-state index contributed by atoms with van der Waals surface area (Å²) < 4.78 is 5.12. The fraction of sp³-hybridized carbons (Fsp3) is 0.385. The average molecular weight is 550 g/mol. The first-order chi connectivity index (χ1) is 17.7. The van der Waals surface area contributed by atoms with E-state index in [9.17, 15) is 24.3 Å². The lowest BCUT2D eigenvalue weighted by Crippen LogP contribution is -2.44. The maximum atomic E-state index is 12.8. The Morgan fingerprint density at radius 3 is 2.41 bits per heavy atom. The van der Waals surface area contributed by atoms with Crippen molar-refractivity contribution in [3.05, 3.63) is 63.5 Å². The van der Waals surface area contributed by atoms with Crippen LogP contribution >= 0.6 is 23.2 Å². The summed E-state index contributed by atoms with van der Waals surface area (Å²) in [6, 6.07) is 5.10. The minimum absolute atomic E-state index is 0.00437. The van der Waals surface area contributed by atoms with Gasteiger partial charge in [-0.25, -0.2) is 4.79 Å². The number of halogens is 2. The van der Waals surface area contributed by atoms with Crippen LogP contribution in [0, 0.1) is 5.92 Å². The molecular weight excluding hydrogens is 521 g/mol. The lowest BCUT2D eigenvalue weighted by Gasteiger charge is -2.21. The Kier molecular flexibility index (Phi) is 10.6. The summed E-state index contributed by atoms with van der Waals surface area (Å²) in [4.78, 5) is 48.8. The van der Waals surface area contributed by atoms with E-state index in [1.807, 2.05) is 0 Å². The highest BCUT2D eigenvalue weighted by atomic mass is 35.5. The number of benzene rings is 1. The van der Waals surface area contributed by atoms with Gasteiger partial charge in [-0.15, -0.1) is 0 Å². The van der Waals surface area contributed by atoms with Crippen molar-refractivity contribution < 1.29 is 28.7 Å². The zero-order chi connectivity index (χ0) is 26.8. The third-order valence-electron chi connectivity index (χ3n) is 6.05. The number of rotatable bonds is 11. The molecule has 1 aliphatic rings. The van der Waals surface area contributed by atoms with Crippen molar-refractivity contribution in [2.75, 3.05) is 6.54 Å². The van der Waals surface area contributed by atoms with E-state index < -0.39 is 17.9 Å². The van der Waals surface area contributed by atoms with E-state index in [-0.39, 0.29) is 52.9 Å². The van der Waals surface area contributed by atoms with E-state index in [4.69, 9.17) is 27.6 Å². The average Bonchev–Trinajstić information content (AvgIpc) is 3.39. The van der Waals surface area contributed by atoms with E-state index in [1.165, 1.54) is 30.5 Å². The smallest absolute Gasteiger partial charge is 0.326 e. The second kappa shape index (κ2) is 13.9. The van der Waals surface area contributed by atoms with Crippen LogP contribution in [0.25, 0.3) is 6.08 Å². The number of carbonyl (C=O) groups excluding carboxylic acids is 3. The number of hydrogen-bond acceptors (Lipinski definition) is 5. The van der Waals surface area contributed by atoms with Gasteiger partial charge in [-0.05, 0) is 55.2 Å². The van der Waals surface area contributed by atoms with Crippen molar-refractivity contribution in [2.45, 2.75) is 51.1 Å². The van der Waals surface area contributed by atoms with Crippen LogP contribution in [0.2, 0.25) is 10.0 Å². The third kappa shape index (κ3) is 8.65. The van der Waals surface area contributed by atoms with Crippen LogP contribution in [-0.2, 0) is 20.9 Å². The Labute approximate surface area is 224 Å². The van der Waals surface area contributed by atoms with Crippen molar-refractivity contribution in [3.8, 4) is 0 Å². The Morgan fingerprint density at radius 1 is 1.08 bits per heavy atom. The van der Waals surface area contributed by atoms with Gasteiger partial charge < -0.3 is 25.5 Å². The quantitative estimate of drug-likeness (QED) is 0.310. The van der Waals surface area contributed by atoms with E-state index in [0.29, 0.717) is 11.3 Å². The summed E-state index contributed by atoms with van der Waals surface area (Å²) in [5.41, 5.74) is 0.472. The van der Waals surface area contributed by atoms with Crippen molar-refractivity contribution in [1.82, 2.24) is 16.0 Å². The Hall–Kier alpha value is -3.30. The van der Waals surface area contributed by atoms with E-state index in [2.05, 4.69) is 16.0 Å². The van der Waals surface area contributed by atoms with Crippen molar-refractivity contribution in [1.29, 1.82) is 0 Å². The second-order valence-corrected chi connectivity index (χ2v) is 9.59. The number of carboxylic acids is 1. The van der Waals surface area contributed by atoms with Crippen molar-refractivity contribution in [3.63, 3.8) is 0 Å². The van der Waals surface area contributed by atoms with Crippen LogP contribution in [0.4, 0.5) is 0 Å². The molecule has 3 amide bonds. The van der Waals surface area contributed by atoms with Gasteiger partial charge in [-0.2, -0.15) is 0 Å². The minimum atomic E-state index is -1.24. The number of hydrogen-bond donors (Lipinski definition) is 4. The Morgan fingerprint density at radius 2 is 1.78 bits per heavy atom. The van der Waals surface area contributed by atoms with Gasteiger partial charge in [0.05, 0.1) is 21.9 Å². The summed E-state index contributed by atoms with van der Waals surface area (Å²) in [6.45, 7) is 0.210. The number of carboxylic acid groups (broad SMARTS) is 1. The molecule has 1 fully saturated rings. The molecule has 1 aliphatic carbocycles. The molecule has 0 saturated heterocycles. The molecule has 9 nitrogen and oxygen atoms in total. The molecule has 0 aliphatic heterocycles. The van der Waals surface area contributed by atoms with Gasteiger partial charge in [0.25, 0.3) is 5.91 Å². The number of carbonyl (C=O) groups is 4. The first-order valence-electron chi connectivity index (χ1n) is 12.0. The molecule has 2 aromatic rings. The van der Waals surface area contributed by atoms with Crippen LogP contribution in [0.15, 0.2) is 41.0 Å². The van der Waals surface area contributed by atoms with Crippen LogP contribution in [-0.4, -0.2) is 41.4 Å². The van der Waals surface area contributed by atoms with Crippen LogP contribution in [0.3, 0.4) is 0 Å². The highest BCUT2D eigenvalue weighted by Crippen LogP contribution is 2.27. The van der Waals surface area contributed by atoms with E-state index >= 15 is 0 Å². The normalized spacial score (nSPS) is 14.8. The molecule has 0 bridgehead atoms. The molecule has 1 aromatic heterocycles. The molecule has 1 saturated carbocycles. The fourth-order valence-electron chi connectivity index (χ4n) is 4.07. The molecule has 1 atom stereocenters. The monoisotopic (exact) mass is 549 g/mol. The molecule has 0 radical (unpaired) electrons. The Bertz CT molecular complexity index is 1120. The number of furan rings is 1. The number of aliphatic carboxylic acids is 1. The summed E-state index contributed by atoms with van der Waals surface area (Å²) in [5.74, 6) is -1.96. The van der Waals surface area contributed by atoms with Crippen molar-refractivity contribution in [2.24, 2.45) is 5.92 Å². The largest absolute Gasteiger partial charge is 0.480 e. The van der Waals surface area contributed by atoms with E-state index in [0.717, 1.165) is 32.1 Å². The van der Waals surface area contributed by atoms with Crippen LogP contribution in [0.1, 0.15) is 60.2 Å². The molecule has 1 aromatic carbocycles. The maximum Gasteiger partial charge on any atom is 0.326 e. The van der Waals surface area contributed by atoms with Crippen molar-refractivity contribution >= 4 is 53.0 Å². The number of amides is 3. The molecule has 198 valence electrons. The first-order valence-corrected chi connectivity index (χ1v) is 12.8. The predicted molar refractivity (Wildman–Crippen MR) is 139 cm³/mol. The standard InChI is InChI=1S/C26H29Cl2N3O6/c27-19-13-16(15-30-22(32)9-8-18-7-4-12-37-18)14-20(28)23(19)25(34)31-21(26(35)36)10-11-29-24(33)17-5-2-1-3-6-17/h4,7-9,12-14,17,21H,1-3,5-6,10-11,15H2,(H,29,33)(H,30,32)(H,31,34)(H,35,36)/b9-8+/t21-/m0/s1. The van der Waals surface area contributed by atoms with Gasteiger partial charge in [-0.3, -0.25) is 14.4 Å². The molecule has 37 heavy (non-hydrogen) atoms. The zero-order valence-electron chi connectivity index (χ0n) is 20.1. The van der Waals surface area contributed by atoms with Gasteiger partial charge in [0.15, 0.2) is 0 Å². The lowest BCUT2D eigenvalue weighted by atomic mass is 9.88. The van der Waals surface area contributed by atoms with Gasteiger partial charge in [0, 0.05) is 25.1 Å². The summed E-state index contributed by atoms with van der Waals surface area (Å²) in [7, 11) is 0. The highest BCUT2D eigenvalue weighted by molar-refractivity contribution is 6.39. The predicted octanol–water partition coefficient (Wildman–Crippen LogP) is 4.19. The molecule has 0 unspecified atom stereocenters. The first kappa shape index (κ1) is 28.3. The third-order valence-corrected chi connectivity index (χ3v) is 6.65. The number of nitrogens with one attached hydrogen (secondary N) is 3. The fourth-order valence-corrected chi connectivity index (χ4v) is 4.78. The summed E-state index contributed by atoms with van der Waals surface area (Å²) in [5, 5.41) is 17.4.